The Balaban J connectivity index is 0.000001000. The Morgan fingerprint density at radius 1 is 1.10 bits per heavy atom. The summed E-state index contributed by atoms with van der Waals surface area (Å²) in [6.07, 6.45) is 3.68. The molecule has 1 radical (unpaired) electrons. The predicted molar refractivity (Wildman–Crippen MR) is 79.8 cm³/mol. The summed E-state index contributed by atoms with van der Waals surface area (Å²) < 4.78 is 6.84. The van der Waals surface area contributed by atoms with Crippen LogP contribution in [0, 0.1) is 7.43 Å². The van der Waals surface area contributed by atoms with Gasteiger partial charge in [0.2, 0.25) is 5.88 Å². The van der Waals surface area contributed by atoms with Gasteiger partial charge in [-0.15, -0.1) is 0 Å². The topological polar surface area (TPSA) is 25.1 Å². The van der Waals surface area contributed by atoms with Crippen LogP contribution >= 0.6 is 0 Å². The number of pyridine rings is 1. The number of hydrogen-bond donors (Lipinski definition) is 0. The molecule has 101 valence electrons. The molecule has 0 amide bonds. The molecule has 3 nitrogen and oxygen atoms in total. The molecule has 1 aliphatic heterocycles. The Labute approximate surface area is 150 Å². The normalized spacial score (nSPS) is 11.9. The maximum absolute atomic E-state index is 5.14. The number of hydrogen-bond acceptors (Lipinski definition) is 4. The number of ether oxygens (including phenoxy) is 1. The molecular formula is C15H14N2OSY-2. The molecule has 0 unspecified atom stereocenters. The van der Waals surface area contributed by atoms with Crippen LogP contribution in [0.15, 0.2) is 48.8 Å². The molecule has 0 atom stereocenters. The molecule has 0 bridgehead atoms. The van der Waals surface area contributed by atoms with Crippen molar-refractivity contribution < 1.29 is 37.4 Å². The summed E-state index contributed by atoms with van der Waals surface area (Å²) in [6.45, 7) is 0. The molecule has 0 saturated carbocycles. The summed E-state index contributed by atoms with van der Waals surface area (Å²) in [5, 5.41) is 0. The number of nitrogens with zero attached hydrogens (tertiary/aromatic N) is 2. The zero-order chi connectivity index (χ0) is 12.5. The van der Waals surface area contributed by atoms with Crippen molar-refractivity contribution >= 4 is 18.5 Å². The standard InChI is InChI=1S/C14H11N2OS.CH3.Y/c1-17-14-8-11(5-6-15-14)10-3-2-4-12(7-10)13-9-16(13)18;;/h2-9H,1H3;1H3;/q2*-1;. The Kier molecular flexibility index (Phi) is 6.24. The van der Waals surface area contributed by atoms with Crippen LogP contribution in [0.1, 0.15) is 5.56 Å². The zero-order valence-corrected chi connectivity index (χ0v) is 15.1. The Morgan fingerprint density at radius 2 is 1.75 bits per heavy atom. The molecule has 2 aromatic rings. The molecule has 2 heterocycles. The van der Waals surface area contributed by atoms with Crippen LogP contribution in [-0.4, -0.2) is 16.4 Å². The molecule has 1 aromatic carbocycles. The van der Waals surface area contributed by atoms with Crippen molar-refractivity contribution in [2.45, 2.75) is 0 Å². The monoisotopic (exact) mass is 359 g/mol. The fraction of sp³-hybridized carbons (Fsp3) is 0.0667. The van der Waals surface area contributed by atoms with Gasteiger partial charge in [-0.1, -0.05) is 18.2 Å². The van der Waals surface area contributed by atoms with Crippen LogP contribution in [0.4, 0.5) is 0 Å². The van der Waals surface area contributed by atoms with Gasteiger partial charge in [0.15, 0.2) is 0 Å². The van der Waals surface area contributed by atoms with E-state index in [4.69, 9.17) is 17.6 Å². The van der Waals surface area contributed by atoms with Gasteiger partial charge >= 0.3 is 0 Å². The zero-order valence-electron chi connectivity index (χ0n) is 11.4. The van der Waals surface area contributed by atoms with E-state index < -0.39 is 0 Å². The molecule has 0 N–H and O–H groups in total. The van der Waals surface area contributed by atoms with E-state index >= 15 is 0 Å². The second-order valence-electron chi connectivity index (χ2n) is 4.01. The van der Waals surface area contributed by atoms with Crippen molar-refractivity contribution in [2.24, 2.45) is 0 Å². The molecule has 0 spiro atoms. The Bertz CT molecular complexity index is 631. The van der Waals surface area contributed by atoms with Gasteiger partial charge in [0.1, 0.15) is 0 Å². The van der Waals surface area contributed by atoms with Crippen molar-refractivity contribution in [1.82, 2.24) is 9.29 Å². The van der Waals surface area contributed by atoms with Crippen molar-refractivity contribution in [3.05, 3.63) is 61.8 Å². The third kappa shape index (κ3) is 3.63. The molecule has 20 heavy (non-hydrogen) atoms. The quantitative estimate of drug-likeness (QED) is 0.620. The van der Waals surface area contributed by atoms with Gasteiger partial charge in [-0.25, -0.2) is 4.98 Å². The van der Waals surface area contributed by atoms with Crippen molar-refractivity contribution in [1.29, 1.82) is 0 Å². The summed E-state index contributed by atoms with van der Waals surface area (Å²) in [6, 6.07) is 12.2. The third-order valence-electron chi connectivity index (χ3n) is 2.84. The molecular weight excluding hydrogens is 345 g/mol. The minimum absolute atomic E-state index is 0. The first-order chi connectivity index (χ1) is 8.78. The maximum atomic E-state index is 5.14. The fourth-order valence-corrected chi connectivity index (χ4v) is 2.05. The van der Waals surface area contributed by atoms with Gasteiger partial charge in [-0.05, 0) is 28.8 Å². The van der Waals surface area contributed by atoms with Gasteiger partial charge in [0.05, 0.1) is 7.11 Å². The Morgan fingerprint density at radius 3 is 2.40 bits per heavy atom. The van der Waals surface area contributed by atoms with Gasteiger partial charge < -0.3 is 29.3 Å². The minimum Gasteiger partial charge on any atom is -0.661 e. The second-order valence-corrected chi connectivity index (χ2v) is 4.40. The maximum Gasteiger partial charge on any atom is 0.213 e. The summed E-state index contributed by atoms with van der Waals surface area (Å²) in [5.41, 5.74) is 4.44. The van der Waals surface area contributed by atoms with Crippen LogP contribution in [0.3, 0.4) is 0 Å². The number of benzene rings is 1. The van der Waals surface area contributed by atoms with Crippen LogP contribution in [0.5, 0.6) is 5.88 Å². The van der Waals surface area contributed by atoms with Gasteiger partial charge in [-0.3, -0.25) is 0 Å². The number of methoxy groups -OCH3 is 1. The summed E-state index contributed by atoms with van der Waals surface area (Å²) in [5.74, 6) is 0.619. The second kappa shape index (κ2) is 7.25. The smallest absolute Gasteiger partial charge is 0.213 e. The van der Waals surface area contributed by atoms with Crippen LogP contribution in [0.25, 0.3) is 16.8 Å². The molecule has 0 saturated heterocycles. The molecule has 0 aliphatic carbocycles. The van der Waals surface area contributed by atoms with E-state index in [1.807, 2.05) is 24.4 Å². The Hall–Kier alpha value is -0.836. The van der Waals surface area contributed by atoms with E-state index in [0.717, 1.165) is 22.4 Å². The minimum atomic E-state index is 0. The SMILES string of the molecule is COc1cc(-c2cccc(C3=CN3[S-])c2)ccn1.[CH3-].[Y]. The predicted octanol–water partition coefficient (Wildman–Crippen LogP) is 3.28. The van der Waals surface area contributed by atoms with Crippen LogP contribution in [0.2, 0.25) is 0 Å². The molecule has 3 rings (SSSR count). The fourth-order valence-electron chi connectivity index (χ4n) is 1.84. The third-order valence-corrected chi connectivity index (χ3v) is 3.15. The first kappa shape index (κ1) is 17.2. The first-order valence-electron chi connectivity index (χ1n) is 5.57. The molecule has 1 aliphatic rings. The van der Waals surface area contributed by atoms with E-state index in [2.05, 4.69) is 23.2 Å². The number of rotatable bonds is 3. The van der Waals surface area contributed by atoms with Gasteiger partial charge in [-0.2, -0.15) is 0 Å². The molecule has 5 heteroatoms. The van der Waals surface area contributed by atoms with Crippen molar-refractivity contribution in [3.8, 4) is 17.0 Å². The van der Waals surface area contributed by atoms with Crippen molar-refractivity contribution in [3.63, 3.8) is 0 Å². The summed E-state index contributed by atoms with van der Waals surface area (Å²) in [4.78, 5) is 4.11. The van der Waals surface area contributed by atoms with Crippen molar-refractivity contribution in [2.75, 3.05) is 7.11 Å². The largest absolute Gasteiger partial charge is 0.661 e. The average molecular weight is 359 g/mol. The van der Waals surface area contributed by atoms with E-state index in [1.165, 1.54) is 0 Å². The average Bonchev–Trinajstić information content (AvgIpc) is 3.16. The van der Waals surface area contributed by atoms with E-state index in [9.17, 15) is 0 Å². The number of aromatic nitrogens is 1. The molecule has 0 fully saturated rings. The first-order valence-corrected chi connectivity index (χ1v) is 5.93. The van der Waals surface area contributed by atoms with Crippen LogP contribution in [-0.2, 0) is 45.5 Å². The van der Waals surface area contributed by atoms with Crippen LogP contribution < -0.4 is 4.74 Å². The van der Waals surface area contributed by atoms with E-state index in [0.29, 0.717) is 5.88 Å². The van der Waals surface area contributed by atoms with E-state index in [1.54, 1.807) is 17.6 Å². The van der Waals surface area contributed by atoms with Gasteiger partial charge in [0.25, 0.3) is 0 Å². The van der Waals surface area contributed by atoms with E-state index in [-0.39, 0.29) is 40.1 Å². The summed E-state index contributed by atoms with van der Waals surface area (Å²) in [7, 11) is 1.62. The summed E-state index contributed by atoms with van der Waals surface area (Å²) >= 11 is 5.05. The molecule has 1 aromatic heterocycles. The van der Waals surface area contributed by atoms with Gasteiger partial charge in [0, 0.05) is 56.9 Å².